The van der Waals surface area contributed by atoms with Gasteiger partial charge in [-0.05, 0) is 13.0 Å². The van der Waals surface area contributed by atoms with Gasteiger partial charge in [-0.1, -0.05) is 0 Å². The number of furan rings is 1. The summed E-state index contributed by atoms with van der Waals surface area (Å²) in [4.78, 5) is 22.7. The Morgan fingerprint density at radius 3 is 2.79 bits per heavy atom. The van der Waals surface area contributed by atoms with Crippen LogP contribution in [0.1, 0.15) is 17.5 Å². The third kappa shape index (κ3) is 2.35. The van der Waals surface area contributed by atoms with Crippen molar-refractivity contribution in [1.29, 1.82) is 0 Å². The fourth-order valence-corrected chi connectivity index (χ4v) is 1.11. The van der Waals surface area contributed by atoms with E-state index in [1.54, 1.807) is 17.0 Å². The number of hydrogen-bond donors (Lipinski definition) is 1. The van der Waals surface area contributed by atoms with Gasteiger partial charge in [0.25, 0.3) is 0 Å². The maximum absolute atomic E-state index is 10.7. The normalized spacial score (nSPS) is 9.79. The Hall–Kier alpha value is -1.78. The molecule has 0 saturated carbocycles. The molecular formula is C9H12N2O3. The maximum Gasteiger partial charge on any atom is 0.237 e. The Balaban J connectivity index is 2.77. The molecule has 0 aromatic carbocycles. The molecule has 5 heteroatoms. The number of carbonyl (C=O) groups is 2. The number of amides is 1. The summed E-state index contributed by atoms with van der Waals surface area (Å²) in [5.41, 5.74) is 5.05. The molecule has 0 atom stereocenters. The van der Waals surface area contributed by atoms with Crippen LogP contribution in [0, 0.1) is 0 Å². The number of anilines is 1. The SMILES string of the molecule is CCN(CC(N)=O)c1ccc(C=O)o1. The van der Waals surface area contributed by atoms with Gasteiger partial charge in [0, 0.05) is 12.6 Å². The molecule has 1 aromatic rings. The Kier molecular flexibility index (Phi) is 3.28. The quantitative estimate of drug-likeness (QED) is 0.692. The number of primary amides is 1. The molecule has 1 aromatic heterocycles. The van der Waals surface area contributed by atoms with Crippen LogP contribution in [-0.4, -0.2) is 25.3 Å². The van der Waals surface area contributed by atoms with E-state index in [1.165, 1.54) is 0 Å². The average molecular weight is 196 g/mol. The summed E-state index contributed by atoms with van der Waals surface area (Å²) in [6, 6.07) is 3.18. The number of rotatable bonds is 5. The maximum atomic E-state index is 10.7. The lowest BCUT2D eigenvalue weighted by atomic mass is 10.4. The van der Waals surface area contributed by atoms with Gasteiger partial charge in [-0.25, -0.2) is 0 Å². The van der Waals surface area contributed by atoms with Gasteiger partial charge in [0.15, 0.2) is 17.9 Å². The third-order valence-electron chi connectivity index (χ3n) is 1.77. The van der Waals surface area contributed by atoms with Gasteiger partial charge in [0.05, 0.1) is 6.54 Å². The molecule has 0 aliphatic heterocycles. The van der Waals surface area contributed by atoms with Gasteiger partial charge in [0.1, 0.15) is 0 Å². The first-order valence-electron chi connectivity index (χ1n) is 4.25. The van der Waals surface area contributed by atoms with Crippen LogP contribution in [0.3, 0.4) is 0 Å². The first-order valence-corrected chi connectivity index (χ1v) is 4.25. The smallest absolute Gasteiger partial charge is 0.237 e. The zero-order valence-corrected chi connectivity index (χ0v) is 7.90. The van der Waals surface area contributed by atoms with E-state index in [0.29, 0.717) is 18.7 Å². The molecule has 0 aliphatic rings. The number of hydrogen-bond acceptors (Lipinski definition) is 4. The van der Waals surface area contributed by atoms with Crippen molar-refractivity contribution in [3.8, 4) is 0 Å². The lowest BCUT2D eigenvalue weighted by molar-refractivity contribution is -0.116. The lowest BCUT2D eigenvalue weighted by Gasteiger charge is -2.17. The zero-order chi connectivity index (χ0) is 10.6. The number of carbonyl (C=O) groups excluding carboxylic acids is 2. The largest absolute Gasteiger partial charge is 0.438 e. The van der Waals surface area contributed by atoms with Crippen LogP contribution in [0.5, 0.6) is 0 Å². The van der Waals surface area contributed by atoms with Gasteiger partial charge in [-0.15, -0.1) is 0 Å². The third-order valence-corrected chi connectivity index (χ3v) is 1.77. The van der Waals surface area contributed by atoms with Crippen molar-refractivity contribution in [3.63, 3.8) is 0 Å². The summed E-state index contributed by atoms with van der Waals surface area (Å²) in [6.45, 7) is 2.54. The van der Waals surface area contributed by atoms with Gasteiger partial charge in [-0.2, -0.15) is 0 Å². The second kappa shape index (κ2) is 4.45. The number of nitrogens with two attached hydrogens (primary N) is 1. The standard InChI is InChI=1S/C9H12N2O3/c1-2-11(5-8(10)13)9-4-3-7(6-12)14-9/h3-4,6H,2,5H2,1H3,(H2,10,13). The Morgan fingerprint density at radius 1 is 1.64 bits per heavy atom. The van der Waals surface area contributed by atoms with E-state index in [4.69, 9.17) is 10.2 Å². The summed E-state index contributed by atoms with van der Waals surface area (Å²) >= 11 is 0. The van der Waals surface area contributed by atoms with Crippen LogP contribution in [0.4, 0.5) is 5.88 Å². The highest BCUT2D eigenvalue weighted by Crippen LogP contribution is 2.16. The molecule has 1 heterocycles. The molecule has 0 aliphatic carbocycles. The van der Waals surface area contributed by atoms with Gasteiger partial charge in [-0.3, -0.25) is 9.59 Å². The molecule has 0 fully saturated rings. The summed E-state index contributed by atoms with van der Waals surface area (Å²) < 4.78 is 5.14. The molecule has 0 unspecified atom stereocenters. The van der Waals surface area contributed by atoms with Crippen molar-refractivity contribution in [3.05, 3.63) is 17.9 Å². The van der Waals surface area contributed by atoms with Crippen LogP contribution in [-0.2, 0) is 4.79 Å². The molecule has 76 valence electrons. The van der Waals surface area contributed by atoms with Crippen LogP contribution in [0.2, 0.25) is 0 Å². The van der Waals surface area contributed by atoms with Crippen LogP contribution in [0.15, 0.2) is 16.5 Å². The predicted molar refractivity (Wildman–Crippen MR) is 51.2 cm³/mol. The minimum absolute atomic E-state index is 0.0856. The van der Waals surface area contributed by atoms with Gasteiger partial charge in [0.2, 0.25) is 5.91 Å². The minimum Gasteiger partial charge on any atom is -0.438 e. The van der Waals surface area contributed by atoms with Crippen molar-refractivity contribution in [2.45, 2.75) is 6.92 Å². The molecule has 5 nitrogen and oxygen atoms in total. The minimum atomic E-state index is -0.434. The lowest BCUT2D eigenvalue weighted by Crippen LogP contribution is -2.33. The second-order valence-corrected chi connectivity index (χ2v) is 2.77. The van der Waals surface area contributed by atoms with E-state index in [0.717, 1.165) is 0 Å². The topological polar surface area (TPSA) is 76.5 Å². The van der Waals surface area contributed by atoms with Crippen molar-refractivity contribution in [2.75, 3.05) is 18.0 Å². The van der Waals surface area contributed by atoms with Crippen molar-refractivity contribution in [2.24, 2.45) is 5.73 Å². The van der Waals surface area contributed by atoms with E-state index in [-0.39, 0.29) is 12.3 Å². The first kappa shape index (κ1) is 10.3. The highest BCUT2D eigenvalue weighted by molar-refractivity contribution is 5.79. The summed E-state index contributed by atoms with van der Waals surface area (Å²) in [6.07, 6.45) is 0.613. The number of nitrogens with zero attached hydrogens (tertiary/aromatic N) is 1. The van der Waals surface area contributed by atoms with E-state index in [2.05, 4.69) is 0 Å². The summed E-state index contributed by atoms with van der Waals surface area (Å²) in [7, 11) is 0. The van der Waals surface area contributed by atoms with Gasteiger partial charge >= 0.3 is 0 Å². The molecule has 1 amide bonds. The van der Waals surface area contributed by atoms with E-state index >= 15 is 0 Å². The molecule has 0 saturated heterocycles. The highest BCUT2D eigenvalue weighted by atomic mass is 16.4. The second-order valence-electron chi connectivity index (χ2n) is 2.77. The van der Waals surface area contributed by atoms with Crippen molar-refractivity contribution >= 4 is 18.1 Å². The number of likely N-dealkylation sites (N-methyl/N-ethyl adjacent to an activating group) is 1. The molecule has 14 heavy (non-hydrogen) atoms. The molecule has 1 rings (SSSR count). The molecule has 0 radical (unpaired) electrons. The molecule has 0 bridgehead atoms. The number of aldehydes is 1. The van der Waals surface area contributed by atoms with Crippen LogP contribution in [0.25, 0.3) is 0 Å². The molecular weight excluding hydrogens is 184 g/mol. The van der Waals surface area contributed by atoms with Crippen LogP contribution >= 0.6 is 0 Å². The first-order chi connectivity index (χ1) is 6.67. The van der Waals surface area contributed by atoms with E-state index in [1.807, 2.05) is 6.92 Å². The summed E-state index contributed by atoms with van der Waals surface area (Å²) in [5.74, 6) is 0.284. The van der Waals surface area contributed by atoms with Gasteiger partial charge < -0.3 is 15.1 Å². The molecule has 2 N–H and O–H groups in total. The van der Waals surface area contributed by atoms with Crippen molar-refractivity contribution in [1.82, 2.24) is 0 Å². The Labute approximate surface area is 81.5 Å². The predicted octanol–water partition coefficient (Wildman–Crippen LogP) is 0.404. The summed E-state index contributed by atoms with van der Waals surface area (Å²) in [5, 5.41) is 0. The Morgan fingerprint density at radius 2 is 2.36 bits per heavy atom. The molecule has 0 spiro atoms. The zero-order valence-electron chi connectivity index (χ0n) is 7.90. The fourth-order valence-electron chi connectivity index (χ4n) is 1.11. The fraction of sp³-hybridized carbons (Fsp3) is 0.333. The Bertz CT molecular complexity index is 333. The average Bonchev–Trinajstić information content (AvgIpc) is 2.62. The van der Waals surface area contributed by atoms with E-state index in [9.17, 15) is 9.59 Å². The van der Waals surface area contributed by atoms with Crippen molar-refractivity contribution < 1.29 is 14.0 Å². The monoisotopic (exact) mass is 196 g/mol. The highest BCUT2D eigenvalue weighted by Gasteiger charge is 2.11. The van der Waals surface area contributed by atoms with Crippen LogP contribution < -0.4 is 10.6 Å². The van der Waals surface area contributed by atoms with E-state index < -0.39 is 5.91 Å².